The van der Waals surface area contributed by atoms with E-state index in [0.29, 0.717) is 30.0 Å². The summed E-state index contributed by atoms with van der Waals surface area (Å²) in [4.78, 5) is 31.0. The van der Waals surface area contributed by atoms with Crippen LogP contribution in [0.2, 0.25) is 0 Å². The minimum atomic E-state index is -3.67. The number of fused-ring (bicyclic) bond motifs is 1. The Labute approximate surface area is 156 Å². The van der Waals surface area contributed by atoms with E-state index in [1.807, 2.05) is 6.92 Å². The van der Waals surface area contributed by atoms with E-state index < -0.39 is 10.0 Å². The van der Waals surface area contributed by atoms with E-state index in [-0.39, 0.29) is 35.5 Å². The number of imidazole rings is 1. The number of carbonyl (C=O) groups is 1. The van der Waals surface area contributed by atoms with Crippen LogP contribution < -0.4 is 11.0 Å². The first kappa shape index (κ1) is 18.2. The van der Waals surface area contributed by atoms with E-state index in [1.54, 1.807) is 11.0 Å². The van der Waals surface area contributed by atoms with Gasteiger partial charge in [0.25, 0.3) is 0 Å². The Morgan fingerprint density at radius 2 is 1.78 bits per heavy atom. The number of piperazine rings is 1. The second kappa shape index (κ2) is 6.77. The molecule has 3 N–H and O–H groups in total. The van der Waals surface area contributed by atoms with Crippen molar-refractivity contribution in [3.8, 4) is 0 Å². The summed E-state index contributed by atoms with van der Waals surface area (Å²) in [6.07, 6.45) is 0. The summed E-state index contributed by atoms with van der Waals surface area (Å²) in [7, 11) is -3.67. The maximum absolute atomic E-state index is 12.9. The molecule has 2 aliphatic rings. The lowest BCUT2D eigenvalue weighted by atomic mass is 9.88. The Kier molecular flexibility index (Phi) is 4.57. The number of hydrogen-bond donors (Lipinski definition) is 3. The molecule has 9 nitrogen and oxygen atoms in total. The van der Waals surface area contributed by atoms with Gasteiger partial charge < -0.3 is 20.2 Å². The van der Waals surface area contributed by atoms with Gasteiger partial charge in [-0.2, -0.15) is 4.31 Å². The maximum Gasteiger partial charge on any atom is 0.323 e. The number of sulfonamides is 1. The Bertz CT molecular complexity index is 1020. The minimum absolute atomic E-state index is 0.0396. The second-order valence-corrected chi connectivity index (χ2v) is 9.16. The highest BCUT2D eigenvalue weighted by molar-refractivity contribution is 7.89. The number of hydrogen-bond acceptors (Lipinski definition) is 5. The Hall–Kier alpha value is -2.17. The zero-order chi connectivity index (χ0) is 19.2. The van der Waals surface area contributed by atoms with Gasteiger partial charge in [0.05, 0.1) is 15.9 Å². The van der Waals surface area contributed by atoms with Crippen LogP contribution in [0.4, 0.5) is 0 Å². The lowest BCUT2D eigenvalue weighted by molar-refractivity contribution is -0.138. The van der Waals surface area contributed by atoms with Gasteiger partial charge in [-0.25, -0.2) is 13.2 Å². The fourth-order valence-electron chi connectivity index (χ4n) is 3.62. The summed E-state index contributed by atoms with van der Waals surface area (Å²) < 4.78 is 27.2. The standard InChI is InChI=1S/C17H23N5O4S/c1-11(12-9-18-10-12)16(23)21-4-6-22(7-5-21)27(25,26)13-2-3-14-15(8-13)20-17(24)19-14/h2-3,8,11-12,18H,4-7,9-10H2,1H3,(H2,19,20,24). The van der Waals surface area contributed by atoms with Gasteiger partial charge in [0, 0.05) is 32.1 Å². The van der Waals surface area contributed by atoms with Gasteiger partial charge in [0.1, 0.15) is 0 Å². The number of benzene rings is 1. The summed E-state index contributed by atoms with van der Waals surface area (Å²) in [5.74, 6) is 0.432. The number of nitrogens with zero attached hydrogens (tertiary/aromatic N) is 2. The summed E-state index contributed by atoms with van der Waals surface area (Å²) in [5.41, 5.74) is 0.647. The van der Waals surface area contributed by atoms with Crippen molar-refractivity contribution >= 4 is 27.0 Å². The minimum Gasteiger partial charge on any atom is -0.340 e. The van der Waals surface area contributed by atoms with Gasteiger partial charge in [0.15, 0.2) is 0 Å². The molecule has 0 bridgehead atoms. The number of carbonyl (C=O) groups excluding carboxylic acids is 1. The third kappa shape index (κ3) is 3.28. The van der Waals surface area contributed by atoms with Gasteiger partial charge >= 0.3 is 5.69 Å². The van der Waals surface area contributed by atoms with Crippen molar-refractivity contribution in [2.45, 2.75) is 11.8 Å². The summed E-state index contributed by atoms with van der Waals surface area (Å²) >= 11 is 0. The largest absolute Gasteiger partial charge is 0.340 e. The predicted octanol–water partition coefficient (Wildman–Crippen LogP) is -0.455. The van der Waals surface area contributed by atoms with Crippen molar-refractivity contribution in [3.05, 3.63) is 28.7 Å². The van der Waals surface area contributed by atoms with Crippen molar-refractivity contribution in [3.63, 3.8) is 0 Å². The Morgan fingerprint density at radius 3 is 2.41 bits per heavy atom. The summed E-state index contributed by atoms with van der Waals surface area (Å²) in [5, 5.41) is 3.18. The SMILES string of the molecule is CC(C(=O)N1CCN(S(=O)(=O)c2ccc3[nH]c(=O)[nH]c3c2)CC1)C1CNC1. The predicted molar refractivity (Wildman–Crippen MR) is 99.8 cm³/mol. The van der Waals surface area contributed by atoms with Crippen LogP contribution in [0.3, 0.4) is 0 Å². The van der Waals surface area contributed by atoms with Crippen molar-refractivity contribution in [1.29, 1.82) is 0 Å². The first-order valence-corrected chi connectivity index (χ1v) is 10.5. The fraction of sp³-hybridized carbons (Fsp3) is 0.529. The normalized spacial score (nSPS) is 20.6. The second-order valence-electron chi connectivity index (χ2n) is 7.22. The van der Waals surface area contributed by atoms with E-state index in [0.717, 1.165) is 13.1 Å². The van der Waals surface area contributed by atoms with Gasteiger partial charge in [-0.1, -0.05) is 6.92 Å². The molecule has 1 aromatic carbocycles. The van der Waals surface area contributed by atoms with E-state index in [1.165, 1.54) is 16.4 Å². The molecule has 10 heteroatoms. The van der Waals surface area contributed by atoms with Crippen LogP contribution in [0.1, 0.15) is 6.92 Å². The van der Waals surface area contributed by atoms with Crippen molar-refractivity contribution in [2.75, 3.05) is 39.3 Å². The average Bonchev–Trinajstić information content (AvgIpc) is 2.98. The monoisotopic (exact) mass is 393 g/mol. The van der Waals surface area contributed by atoms with Crippen molar-refractivity contribution in [2.24, 2.45) is 11.8 Å². The number of aromatic nitrogens is 2. The quantitative estimate of drug-likeness (QED) is 0.650. The van der Waals surface area contributed by atoms with Gasteiger partial charge in [-0.3, -0.25) is 4.79 Å². The van der Waals surface area contributed by atoms with Crippen molar-refractivity contribution < 1.29 is 13.2 Å². The zero-order valence-electron chi connectivity index (χ0n) is 15.1. The van der Waals surface area contributed by atoms with Crippen LogP contribution in [0, 0.1) is 11.8 Å². The van der Waals surface area contributed by atoms with E-state index in [4.69, 9.17) is 0 Å². The third-order valence-electron chi connectivity index (χ3n) is 5.59. The van der Waals surface area contributed by atoms with Crippen LogP contribution in [0.5, 0.6) is 0 Å². The molecule has 1 aromatic heterocycles. The van der Waals surface area contributed by atoms with Crippen LogP contribution >= 0.6 is 0 Å². The third-order valence-corrected chi connectivity index (χ3v) is 7.48. The maximum atomic E-state index is 12.9. The molecule has 146 valence electrons. The molecule has 1 unspecified atom stereocenters. The molecule has 0 spiro atoms. The summed E-state index contributed by atoms with van der Waals surface area (Å²) in [6.45, 7) is 5.01. The van der Waals surface area contributed by atoms with Crippen LogP contribution in [0.25, 0.3) is 11.0 Å². The highest BCUT2D eigenvalue weighted by atomic mass is 32.2. The topological polar surface area (TPSA) is 118 Å². The molecule has 27 heavy (non-hydrogen) atoms. The van der Waals surface area contributed by atoms with E-state index >= 15 is 0 Å². The van der Waals surface area contributed by atoms with Gasteiger partial charge in [0.2, 0.25) is 15.9 Å². The van der Waals surface area contributed by atoms with Crippen molar-refractivity contribution in [1.82, 2.24) is 24.5 Å². The molecule has 3 heterocycles. The highest BCUT2D eigenvalue weighted by Gasteiger charge is 2.35. The molecule has 0 saturated carbocycles. The van der Waals surface area contributed by atoms with Crippen LogP contribution in [0.15, 0.2) is 27.9 Å². The number of rotatable bonds is 4. The molecule has 4 rings (SSSR count). The van der Waals surface area contributed by atoms with E-state index in [9.17, 15) is 18.0 Å². The molecule has 0 radical (unpaired) electrons. The van der Waals surface area contributed by atoms with Gasteiger partial charge in [-0.15, -0.1) is 0 Å². The lowest BCUT2D eigenvalue weighted by Crippen LogP contribution is -2.55. The zero-order valence-corrected chi connectivity index (χ0v) is 15.9. The average molecular weight is 393 g/mol. The summed E-state index contributed by atoms with van der Waals surface area (Å²) in [6, 6.07) is 4.53. The number of aromatic amines is 2. The van der Waals surface area contributed by atoms with Crippen LogP contribution in [-0.4, -0.2) is 72.8 Å². The molecular formula is C17H23N5O4S. The Morgan fingerprint density at radius 1 is 1.11 bits per heavy atom. The molecule has 2 saturated heterocycles. The van der Waals surface area contributed by atoms with Crippen LogP contribution in [-0.2, 0) is 14.8 Å². The first-order valence-electron chi connectivity index (χ1n) is 9.08. The smallest absolute Gasteiger partial charge is 0.323 e. The molecule has 1 atom stereocenters. The van der Waals surface area contributed by atoms with Gasteiger partial charge in [-0.05, 0) is 37.2 Å². The van der Waals surface area contributed by atoms with E-state index in [2.05, 4.69) is 15.3 Å². The number of H-pyrrole nitrogens is 2. The molecule has 0 aliphatic carbocycles. The number of nitrogens with one attached hydrogen (secondary N) is 3. The number of amides is 1. The molecule has 2 fully saturated rings. The molecule has 2 aromatic rings. The highest BCUT2D eigenvalue weighted by Crippen LogP contribution is 2.23. The first-order chi connectivity index (χ1) is 12.9. The molecular weight excluding hydrogens is 370 g/mol. The lowest BCUT2D eigenvalue weighted by Gasteiger charge is -2.38. The fourth-order valence-corrected chi connectivity index (χ4v) is 5.07. The Balaban J connectivity index is 1.45. The molecule has 2 aliphatic heterocycles. The molecule has 1 amide bonds.